The maximum Gasteiger partial charge on any atom is 0.294 e. The Morgan fingerprint density at radius 2 is 1.74 bits per heavy atom. The molecule has 198 valence electrons. The predicted molar refractivity (Wildman–Crippen MR) is 146 cm³/mol. The van der Waals surface area contributed by atoms with Gasteiger partial charge in [-0.1, -0.05) is 29.8 Å². The number of hydrogen-bond donors (Lipinski definition) is 1. The number of nitrogens with zero attached hydrogens (tertiary/aromatic N) is 2. The number of hydrogen-bond acceptors (Lipinski definition) is 6. The Morgan fingerprint density at radius 3 is 2.44 bits per heavy atom. The quantitative estimate of drug-likeness (QED) is 0.274. The molecule has 0 spiro atoms. The smallest absolute Gasteiger partial charge is 0.294 e. The molecule has 3 aromatic carbocycles. The average molecular weight is 547 g/mol. The molecular formula is C30H24ClFN2O5. The summed E-state index contributed by atoms with van der Waals surface area (Å²) in [5.74, 6) is -2.76. The maximum absolute atomic E-state index is 15.2. The Bertz CT molecular complexity index is 1640. The summed E-state index contributed by atoms with van der Waals surface area (Å²) >= 11 is 6.17. The molecule has 6 rings (SSSR count). The number of rotatable bonds is 6. The molecule has 1 N–H and O–H groups in total. The lowest BCUT2D eigenvalue weighted by Gasteiger charge is -2.27. The van der Waals surface area contributed by atoms with Gasteiger partial charge in [0, 0.05) is 46.5 Å². The minimum absolute atomic E-state index is 0.0682. The number of aliphatic hydroxyl groups excluding tert-OH is 1. The Morgan fingerprint density at radius 1 is 1.05 bits per heavy atom. The van der Waals surface area contributed by atoms with Crippen LogP contribution >= 0.6 is 11.6 Å². The summed E-state index contributed by atoms with van der Waals surface area (Å²) in [5.41, 5.74) is 1.50. The lowest BCUT2D eigenvalue weighted by atomic mass is 9.94. The molecule has 9 heteroatoms. The van der Waals surface area contributed by atoms with Crippen molar-refractivity contribution in [2.75, 3.05) is 30.0 Å². The number of halogens is 2. The van der Waals surface area contributed by atoms with E-state index >= 15 is 4.39 Å². The van der Waals surface area contributed by atoms with Crippen LogP contribution in [0.2, 0.25) is 5.02 Å². The minimum atomic E-state index is -1.22. The molecule has 0 bridgehead atoms. The van der Waals surface area contributed by atoms with Gasteiger partial charge in [0.05, 0.1) is 18.7 Å². The monoisotopic (exact) mass is 546 g/mol. The number of ketones is 1. The first-order valence-corrected chi connectivity index (χ1v) is 12.9. The van der Waals surface area contributed by atoms with Crippen molar-refractivity contribution in [3.05, 3.63) is 100 Å². The number of carbonyl (C=O) groups excluding carboxylic acids is 2. The number of Topliss-reactive ketones (excluding diaryl/α,β-unsaturated/α-hetero) is 1. The highest BCUT2D eigenvalue weighted by molar-refractivity contribution is 6.31. The summed E-state index contributed by atoms with van der Waals surface area (Å²) < 4.78 is 26.3. The van der Waals surface area contributed by atoms with E-state index in [2.05, 4.69) is 4.90 Å². The second-order valence-corrected chi connectivity index (χ2v) is 9.97. The van der Waals surface area contributed by atoms with Crippen molar-refractivity contribution >= 4 is 45.6 Å². The second kappa shape index (κ2) is 9.78. The fourth-order valence-corrected chi connectivity index (χ4v) is 5.59. The largest absolute Gasteiger partial charge is 0.503 e. The Kier molecular flexibility index (Phi) is 6.27. The molecule has 0 saturated carbocycles. The topological polar surface area (TPSA) is 83.2 Å². The highest BCUT2D eigenvalue weighted by Gasteiger charge is 2.46. The number of benzene rings is 3. The summed E-state index contributed by atoms with van der Waals surface area (Å²) in [4.78, 5) is 30.8. The van der Waals surface area contributed by atoms with Gasteiger partial charge < -0.3 is 19.2 Å². The van der Waals surface area contributed by atoms with Crippen LogP contribution in [0.5, 0.6) is 5.75 Å². The molecule has 3 heterocycles. The highest BCUT2D eigenvalue weighted by Crippen LogP contribution is 2.44. The van der Waals surface area contributed by atoms with Crippen molar-refractivity contribution in [3.63, 3.8) is 0 Å². The predicted octanol–water partition coefficient (Wildman–Crippen LogP) is 6.62. The molecule has 4 aromatic rings. The zero-order chi connectivity index (χ0) is 27.3. The van der Waals surface area contributed by atoms with Gasteiger partial charge in [-0.25, -0.2) is 4.39 Å². The van der Waals surface area contributed by atoms with Gasteiger partial charge in [0.25, 0.3) is 5.91 Å². The van der Waals surface area contributed by atoms with Crippen LogP contribution in [0.3, 0.4) is 0 Å². The molecule has 0 radical (unpaired) electrons. The van der Waals surface area contributed by atoms with Crippen LogP contribution in [0.15, 0.2) is 82.5 Å². The first-order chi connectivity index (χ1) is 18.9. The molecule has 1 aromatic heterocycles. The number of methoxy groups -OCH3 is 1. The number of furan rings is 1. The molecule has 7 nitrogen and oxygen atoms in total. The molecule has 1 saturated heterocycles. The first kappa shape index (κ1) is 25.0. The van der Waals surface area contributed by atoms with Crippen LogP contribution in [-0.4, -0.2) is 37.0 Å². The van der Waals surface area contributed by atoms with E-state index in [4.69, 9.17) is 20.8 Å². The van der Waals surface area contributed by atoms with Crippen LogP contribution in [0.4, 0.5) is 15.8 Å². The normalized spacial score (nSPS) is 17.5. The average Bonchev–Trinajstić information content (AvgIpc) is 3.68. The third kappa shape index (κ3) is 4.21. The van der Waals surface area contributed by atoms with Crippen molar-refractivity contribution in [2.24, 2.45) is 0 Å². The van der Waals surface area contributed by atoms with E-state index < -0.39 is 29.3 Å². The molecular weight excluding hydrogens is 523 g/mol. The van der Waals surface area contributed by atoms with Crippen LogP contribution in [0, 0.1) is 5.82 Å². The lowest BCUT2D eigenvalue weighted by molar-refractivity contribution is -0.117. The highest BCUT2D eigenvalue weighted by atomic mass is 35.5. The Labute approximate surface area is 228 Å². The molecule has 1 unspecified atom stereocenters. The minimum Gasteiger partial charge on any atom is -0.503 e. The molecule has 1 fully saturated rings. The third-order valence-corrected chi connectivity index (χ3v) is 7.46. The van der Waals surface area contributed by atoms with Gasteiger partial charge in [0.15, 0.2) is 22.9 Å². The van der Waals surface area contributed by atoms with Crippen molar-refractivity contribution < 1.29 is 28.2 Å². The number of fused-ring (bicyclic) bond motifs is 1. The summed E-state index contributed by atoms with van der Waals surface area (Å²) in [6.07, 6.45) is 2.23. The number of aliphatic hydroxyl groups is 1. The number of ether oxygens (including phenoxy) is 1. The molecule has 1 atom stereocenters. The number of amides is 1. The van der Waals surface area contributed by atoms with E-state index in [1.54, 1.807) is 30.3 Å². The van der Waals surface area contributed by atoms with Crippen molar-refractivity contribution in [1.82, 2.24) is 0 Å². The maximum atomic E-state index is 15.2. The van der Waals surface area contributed by atoms with Crippen molar-refractivity contribution in [3.8, 4) is 5.75 Å². The van der Waals surface area contributed by atoms with Gasteiger partial charge in [-0.15, -0.1) is 0 Å². The molecule has 2 aliphatic heterocycles. The first-order valence-electron chi connectivity index (χ1n) is 12.6. The van der Waals surface area contributed by atoms with Crippen molar-refractivity contribution in [2.45, 2.75) is 18.9 Å². The van der Waals surface area contributed by atoms with E-state index in [1.165, 1.54) is 36.3 Å². The van der Waals surface area contributed by atoms with E-state index in [1.807, 2.05) is 12.1 Å². The van der Waals surface area contributed by atoms with Crippen LogP contribution in [-0.2, 0) is 4.79 Å². The second-order valence-electron chi connectivity index (χ2n) is 9.54. The summed E-state index contributed by atoms with van der Waals surface area (Å²) in [6, 6.07) is 16.5. The molecule has 1 amide bonds. The zero-order valence-corrected chi connectivity index (χ0v) is 21.7. The summed E-state index contributed by atoms with van der Waals surface area (Å²) in [7, 11) is 1.44. The van der Waals surface area contributed by atoms with Gasteiger partial charge in [-0.3, -0.25) is 14.5 Å². The Balaban J connectivity index is 1.45. The van der Waals surface area contributed by atoms with E-state index in [9.17, 15) is 14.7 Å². The van der Waals surface area contributed by atoms with Gasteiger partial charge >= 0.3 is 0 Å². The van der Waals surface area contributed by atoms with Crippen LogP contribution in [0.25, 0.3) is 11.0 Å². The number of anilines is 2. The van der Waals surface area contributed by atoms with Crippen LogP contribution < -0.4 is 14.5 Å². The van der Waals surface area contributed by atoms with Gasteiger partial charge in [0.1, 0.15) is 5.82 Å². The summed E-state index contributed by atoms with van der Waals surface area (Å²) in [5, 5.41) is 11.9. The Hall–Kier alpha value is -4.30. The summed E-state index contributed by atoms with van der Waals surface area (Å²) in [6.45, 7) is 1.91. The fourth-order valence-electron chi connectivity index (χ4n) is 5.38. The SMILES string of the molecule is COc1cc(Cl)cc2cc(C(=O)C3=C(O)C(=O)N(c4ccc(N5CCCC5)cc4)C3c3ccccc3F)oc12. The van der Waals surface area contributed by atoms with E-state index in [0.29, 0.717) is 21.8 Å². The van der Waals surface area contributed by atoms with E-state index in [-0.39, 0.29) is 22.5 Å². The van der Waals surface area contributed by atoms with Gasteiger partial charge in [0.2, 0.25) is 5.78 Å². The van der Waals surface area contributed by atoms with Crippen molar-refractivity contribution in [1.29, 1.82) is 0 Å². The number of carbonyl (C=O) groups is 2. The fraction of sp³-hybridized carbons (Fsp3) is 0.200. The zero-order valence-electron chi connectivity index (χ0n) is 21.0. The molecule has 2 aliphatic rings. The van der Waals surface area contributed by atoms with Gasteiger partial charge in [-0.2, -0.15) is 0 Å². The molecule has 0 aliphatic carbocycles. The lowest BCUT2D eigenvalue weighted by Crippen LogP contribution is -2.31. The van der Waals surface area contributed by atoms with Gasteiger partial charge in [-0.05, 0) is 55.3 Å². The van der Waals surface area contributed by atoms with E-state index in [0.717, 1.165) is 31.6 Å². The van der Waals surface area contributed by atoms with Crippen LogP contribution in [0.1, 0.15) is 35.0 Å². The molecule has 39 heavy (non-hydrogen) atoms. The standard InChI is InChI=1S/C30H24ClFN2O5/c1-38-24-16-18(31)14-17-15-23(39-29(17)24)27(35)25-26(21-6-2-3-7-22(21)32)34(30(37)28(25)36)20-10-8-19(9-11-20)33-12-4-5-13-33/h2-3,6-11,14-16,26,36H,4-5,12-13H2,1H3. The third-order valence-electron chi connectivity index (χ3n) is 7.24.